The Balaban J connectivity index is 1.89. The van der Waals surface area contributed by atoms with E-state index in [1.807, 2.05) is 6.07 Å². The van der Waals surface area contributed by atoms with E-state index in [0.717, 1.165) is 18.2 Å². The van der Waals surface area contributed by atoms with Crippen LogP contribution in [0.1, 0.15) is 38.5 Å². The quantitative estimate of drug-likeness (QED) is 0.770. The van der Waals surface area contributed by atoms with Crippen molar-refractivity contribution in [1.82, 2.24) is 0 Å². The van der Waals surface area contributed by atoms with E-state index in [1.54, 1.807) is 6.07 Å². The number of halogens is 1. The first kappa shape index (κ1) is 11.8. The fourth-order valence-corrected chi connectivity index (χ4v) is 3.71. The van der Waals surface area contributed by atoms with Gasteiger partial charge in [-0.1, -0.05) is 12.8 Å². The number of nitrogens with two attached hydrogens (primary N) is 1. The summed E-state index contributed by atoms with van der Waals surface area (Å²) in [6, 6.07) is 5.55. The molecular weight excluding hydrogens is 227 g/mol. The second kappa shape index (κ2) is 4.79. The molecule has 3 rings (SSSR count). The third kappa shape index (κ3) is 2.18. The highest BCUT2D eigenvalue weighted by Crippen LogP contribution is 2.38. The summed E-state index contributed by atoms with van der Waals surface area (Å²) in [5.41, 5.74) is 7.27. The number of benzene rings is 1. The molecule has 0 bridgehead atoms. The smallest absolute Gasteiger partial charge is 0.127 e. The van der Waals surface area contributed by atoms with Crippen LogP contribution in [0, 0.1) is 11.7 Å². The number of nitrogens with zero attached hydrogens (tertiary/aromatic N) is 1. The van der Waals surface area contributed by atoms with Crippen molar-refractivity contribution in [1.29, 1.82) is 0 Å². The zero-order chi connectivity index (χ0) is 12.5. The van der Waals surface area contributed by atoms with Crippen molar-refractivity contribution in [3.05, 3.63) is 24.0 Å². The molecule has 2 nitrogen and oxygen atoms in total. The van der Waals surface area contributed by atoms with E-state index in [1.165, 1.54) is 44.6 Å². The fraction of sp³-hybridized carbons (Fsp3) is 0.600. The van der Waals surface area contributed by atoms with Gasteiger partial charge in [-0.15, -0.1) is 0 Å². The summed E-state index contributed by atoms with van der Waals surface area (Å²) in [6.07, 6.45) is 7.82. The summed E-state index contributed by atoms with van der Waals surface area (Å²) in [7, 11) is 0. The largest absolute Gasteiger partial charge is 0.399 e. The minimum Gasteiger partial charge on any atom is -0.399 e. The van der Waals surface area contributed by atoms with Gasteiger partial charge >= 0.3 is 0 Å². The van der Waals surface area contributed by atoms with Gasteiger partial charge in [-0.3, -0.25) is 0 Å². The second-order valence-electron chi connectivity index (χ2n) is 5.69. The van der Waals surface area contributed by atoms with E-state index in [4.69, 9.17) is 5.73 Å². The lowest BCUT2D eigenvalue weighted by Gasteiger charge is -2.45. The predicted molar refractivity (Wildman–Crippen MR) is 73.1 cm³/mol. The third-order valence-electron chi connectivity index (χ3n) is 4.48. The highest BCUT2D eigenvalue weighted by atomic mass is 19.1. The monoisotopic (exact) mass is 248 g/mol. The molecule has 0 radical (unpaired) electrons. The number of piperidine rings is 1. The molecular formula is C15H21FN2. The summed E-state index contributed by atoms with van der Waals surface area (Å²) in [6.45, 7) is 1.05. The molecule has 3 heteroatoms. The summed E-state index contributed by atoms with van der Waals surface area (Å²) in [5.74, 6) is 0.583. The molecule has 2 aliphatic rings. The van der Waals surface area contributed by atoms with Crippen LogP contribution in [0.5, 0.6) is 0 Å². The minimum atomic E-state index is -0.220. The molecule has 2 atom stereocenters. The summed E-state index contributed by atoms with van der Waals surface area (Å²) in [4.78, 5) is 2.40. The Morgan fingerprint density at radius 2 is 1.83 bits per heavy atom. The molecule has 0 aromatic heterocycles. The van der Waals surface area contributed by atoms with Crippen molar-refractivity contribution in [3.8, 4) is 0 Å². The van der Waals surface area contributed by atoms with Gasteiger partial charge < -0.3 is 10.6 Å². The van der Waals surface area contributed by atoms with Gasteiger partial charge in [-0.25, -0.2) is 4.39 Å². The first-order valence-corrected chi connectivity index (χ1v) is 7.07. The lowest BCUT2D eigenvalue weighted by Crippen LogP contribution is -2.46. The highest BCUT2D eigenvalue weighted by molar-refractivity contribution is 5.57. The van der Waals surface area contributed by atoms with Crippen molar-refractivity contribution < 1.29 is 4.39 Å². The third-order valence-corrected chi connectivity index (χ3v) is 4.48. The van der Waals surface area contributed by atoms with Crippen LogP contribution in [-0.2, 0) is 0 Å². The van der Waals surface area contributed by atoms with Gasteiger partial charge in [0.1, 0.15) is 5.82 Å². The zero-order valence-corrected chi connectivity index (χ0v) is 10.7. The van der Waals surface area contributed by atoms with Crippen LogP contribution < -0.4 is 10.6 Å². The maximum atomic E-state index is 13.5. The highest BCUT2D eigenvalue weighted by Gasteiger charge is 2.33. The van der Waals surface area contributed by atoms with E-state index in [9.17, 15) is 4.39 Å². The Labute approximate surface area is 108 Å². The Morgan fingerprint density at radius 3 is 2.67 bits per heavy atom. The maximum Gasteiger partial charge on any atom is 0.127 e. The number of anilines is 2. The van der Waals surface area contributed by atoms with Crippen molar-refractivity contribution in [2.45, 2.75) is 44.6 Å². The normalized spacial score (nSPS) is 27.9. The van der Waals surface area contributed by atoms with Gasteiger partial charge in [0.15, 0.2) is 0 Å². The molecule has 1 heterocycles. The Morgan fingerprint density at radius 1 is 1.06 bits per heavy atom. The molecule has 0 spiro atoms. The van der Waals surface area contributed by atoms with E-state index in [2.05, 4.69) is 4.90 Å². The zero-order valence-electron chi connectivity index (χ0n) is 10.7. The van der Waals surface area contributed by atoms with Gasteiger partial charge in [0.25, 0.3) is 0 Å². The first-order chi connectivity index (χ1) is 8.74. The lowest BCUT2D eigenvalue weighted by molar-refractivity contribution is 0.243. The van der Waals surface area contributed by atoms with Crippen LogP contribution in [0.15, 0.2) is 18.2 Å². The Bertz CT molecular complexity index is 410. The summed E-state index contributed by atoms with van der Waals surface area (Å²) < 4.78 is 13.5. The SMILES string of the molecule is Nc1cc(F)cc(N2CCCC3CCCCC32)c1. The van der Waals surface area contributed by atoms with Gasteiger partial charge in [0, 0.05) is 24.0 Å². The number of hydrogen-bond donors (Lipinski definition) is 1. The molecule has 1 aromatic rings. The number of rotatable bonds is 1. The summed E-state index contributed by atoms with van der Waals surface area (Å²) in [5, 5.41) is 0. The van der Waals surface area contributed by atoms with Crippen LogP contribution in [0.3, 0.4) is 0 Å². The van der Waals surface area contributed by atoms with E-state index >= 15 is 0 Å². The second-order valence-corrected chi connectivity index (χ2v) is 5.69. The molecule has 1 aliphatic heterocycles. The lowest BCUT2D eigenvalue weighted by atomic mass is 9.78. The van der Waals surface area contributed by atoms with Crippen molar-refractivity contribution >= 4 is 11.4 Å². The Hall–Kier alpha value is -1.25. The van der Waals surface area contributed by atoms with E-state index in [-0.39, 0.29) is 5.82 Å². The average molecular weight is 248 g/mol. The molecule has 1 saturated carbocycles. The molecule has 1 aliphatic carbocycles. The average Bonchev–Trinajstić information content (AvgIpc) is 2.37. The first-order valence-electron chi connectivity index (χ1n) is 7.07. The van der Waals surface area contributed by atoms with Gasteiger partial charge in [0.05, 0.1) is 0 Å². The molecule has 1 aromatic carbocycles. The van der Waals surface area contributed by atoms with Gasteiger partial charge in [-0.2, -0.15) is 0 Å². The minimum absolute atomic E-state index is 0.220. The topological polar surface area (TPSA) is 29.3 Å². The Kier molecular flexibility index (Phi) is 3.14. The fourth-order valence-electron chi connectivity index (χ4n) is 3.71. The van der Waals surface area contributed by atoms with E-state index in [0.29, 0.717) is 11.7 Å². The van der Waals surface area contributed by atoms with Gasteiger partial charge in [-0.05, 0) is 49.8 Å². The molecule has 2 N–H and O–H groups in total. The predicted octanol–water partition coefficient (Wildman–Crippen LogP) is 3.57. The van der Waals surface area contributed by atoms with Crippen LogP contribution >= 0.6 is 0 Å². The van der Waals surface area contributed by atoms with Crippen LogP contribution in [0.25, 0.3) is 0 Å². The van der Waals surface area contributed by atoms with Crippen molar-refractivity contribution in [2.24, 2.45) is 5.92 Å². The molecule has 2 fully saturated rings. The van der Waals surface area contributed by atoms with Crippen molar-refractivity contribution in [3.63, 3.8) is 0 Å². The number of nitrogen functional groups attached to an aromatic ring is 1. The molecule has 98 valence electrons. The van der Waals surface area contributed by atoms with E-state index < -0.39 is 0 Å². The van der Waals surface area contributed by atoms with Crippen LogP contribution in [-0.4, -0.2) is 12.6 Å². The molecule has 18 heavy (non-hydrogen) atoms. The van der Waals surface area contributed by atoms with Gasteiger partial charge in [0.2, 0.25) is 0 Å². The molecule has 0 amide bonds. The maximum absolute atomic E-state index is 13.5. The standard InChI is InChI=1S/C15H21FN2/c16-12-8-13(17)10-14(9-12)18-7-3-5-11-4-1-2-6-15(11)18/h8-11,15H,1-7,17H2. The molecule has 1 saturated heterocycles. The van der Waals surface area contributed by atoms with Crippen LogP contribution in [0.2, 0.25) is 0 Å². The summed E-state index contributed by atoms with van der Waals surface area (Å²) >= 11 is 0. The molecule has 2 unspecified atom stereocenters. The van der Waals surface area contributed by atoms with Crippen LogP contribution in [0.4, 0.5) is 15.8 Å². The van der Waals surface area contributed by atoms with Crippen molar-refractivity contribution in [2.75, 3.05) is 17.2 Å². The number of hydrogen-bond acceptors (Lipinski definition) is 2. The number of fused-ring (bicyclic) bond motifs is 1.